The number of methoxy groups -OCH3 is 1. The van der Waals surface area contributed by atoms with Gasteiger partial charge in [-0.1, -0.05) is 0 Å². The predicted octanol–water partition coefficient (Wildman–Crippen LogP) is 0.816. The smallest absolute Gasteiger partial charge is 0.220 e. The third-order valence-electron chi connectivity index (χ3n) is 3.22. The number of amides is 1. The van der Waals surface area contributed by atoms with E-state index >= 15 is 0 Å². The second kappa shape index (κ2) is 9.30. The summed E-state index contributed by atoms with van der Waals surface area (Å²) in [5.41, 5.74) is 5.50. The number of nitrogens with two attached hydrogens (primary N) is 1. The van der Waals surface area contributed by atoms with Crippen molar-refractivity contribution in [3.05, 3.63) is 0 Å². The van der Waals surface area contributed by atoms with Crippen molar-refractivity contribution in [3.63, 3.8) is 0 Å². The molecule has 5 heteroatoms. The monoisotopic (exact) mass is 258 g/mol. The van der Waals surface area contributed by atoms with Crippen LogP contribution in [0.3, 0.4) is 0 Å². The average molecular weight is 258 g/mol. The minimum atomic E-state index is 0.0276. The van der Waals surface area contributed by atoms with Gasteiger partial charge < -0.3 is 20.5 Å². The molecular weight excluding hydrogens is 232 g/mol. The van der Waals surface area contributed by atoms with Gasteiger partial charge in [-0.15, -0.1) is 0 Å². The van der Waals surface area contributed by atoms with E-state index in [9.17, 15) is 4.79 Å². The van der Waals surface area contributed by atoms with Crippen LogP contribution in [0.25, 0.3) is 0 Å². The summed E-state index contributed by atoms with van der Waals surface area (Å²) in [4.78, 5) is 11.8. The van der Waals surface area contributed by atoms with Crippen molar-refractivity contribution < 1.29 is 14.3 Å². The van der Waals surface area contributed by atoms with Gasteiger partial charge in [0.05, 0.1) is 18.8 Å². The van der Waals surface area contributed by atoms with Crippen molar-refractivity contribution in [1.29, 1.82) is 0 Å². The maximum absolute atomic E-state index is 11.8. The standard InChI is InChI=1S/C13H26N2O3/c1-17-10-11(7-8-14)15-13(16)6-5-12-4-2-3-9-18-12/h11-12H,2-10,14H2,1H3,(H,15,16). The summed E-state index contributed by atoms with van der Waals surface area (Å²) < 4.78 is 10.7. The van der Waals surface area contributed by atoms with Crippen LogP contribution >= 0.6 is 0 Å². The van der Waals surface area contributed by atoms with E-state index < -0.39 is 0 Å². The Hall–Kier alpha value is -0.650. The summed E-state index contributed by atoms with van der Waals surface area (Å²) >= 11 is 0. The minimum absolute atomic E-state index is 0.0276. The molecule has 18 heavy (non-hydrogen) atoms. The van der Waals surface area contributed by atoms with Crippen LogP contribution in [0.5, 0.6) is 0 Å². The fourth-order valence-electron chi connectivity index (χ4n) is 2.23. The molecular formula is C13H26N2O3. The third kappa shape index (κ3) is 6.33. The molecule has 5 nitrogen and oxygen atoms in total. The van der Waals surface area contributed by atoms with Crippen LogP contribution in [0.4, 0.5) is 0 Å². The predicted molar refractivity (Wildman–Crippen MR) is 70.3 cm³/mol. The van der Waals surface area contributed by atoms with Gasteiger partial charge in [-0.25, -0.2) is 0 Å². The molecule has 1 aliphatic rings. The highest BCUT2D eigenvalue weighted by molar-refractivity contribution is 5.76. The normalized spacial score (nSPS) is 21.6. The van der Waals surface area contributed by atoms with E-state index in [1.165, 1.54) is 6.42 Å². The van der Waals surface area contributed by atoms with Crippen LogP contribution in [0.15, 0.2) is 0 Å². The van der Waals surface area contributed by atoms with Crippen LogP contribution in [0, 0.1) is 0 Å². The Kier molecular flexibility index (Phi) is 7.96. The van der Waals surface area contributed by atoms with E-state index in [0.29, 0.717) is 19.6 Å². The zero-order valence-corrected chi connectivity index (χ0v) is 11.3. The molecule has 1 saturated heterocycles. The van der Waals surface area contributed by atoms with Gasteiger partial charge in [0.15, 0.2) is 0 Å². The van der Waals surface area contributed by atoms with Crippen molar-refractivity contribution in [2.45, 2.75) is 50.7 Å². The second-order valence-electron chi connectivity index (χ2n) is 4.82. The lowest BCUT2D eigenvalue weighted by Crippen LogP contribution is -2.39. The van der Waals surface area contributed by atoms with E-state index in [-0.39, 0.29) is 18.1 Å². The fourth-order valence-corrected chi connectivity index (χ4v) is 2.23. The van der Waals surface area contributed by atoms with Crippen LogP contribution < -0.4 is 11.1 Å². The number of hydrogen-bond donors (Lipinski definition) is 2. The summed E-state index contributed by atoms with van der Waals surface area (Å²) in [7, 11) is 1.63. The largest absolute Gasteiger partial charge is 0.383 e. The van der Waals surface area contributed by atoms with Crippen molar-refractivity contribution in [1.82, 2.24) is 5.32 Å². The molecule has 0 radical (unpaired) electrons. The molecule has 1 rings (SSSR count). The Morgan fingerprint density at radius 3 is 3.00 bits per heavy atom. The molecule has 0 saturated carbocycles. The van der Waals surface area contributed by atoms with Crippen LogP contribution in [-0.2, 0) is 14.3 Å². The molecule has 0 aliphatic carbocycles. The lowest BCUT2D eigenvalue weighted by Gasteiger charge is -2.23. The van der Waals surface area contributed by atoms with Gasteiger partial charge in [0, 0.05) is 20.1 Å². The lowest BCUT2D eigenvalue weighted by atomic mass is 10.0. The van der Waals surface area contributed by atoms with E-state index in [4.69, 9.17) is 15.2 Å². The molecule has 0 spiro atoms. The third-order valence-corrected chi connectivity index (χ3v) is 3.22. The van der Waals surface area contributed by atoms with E-state index in [1.807, 2.05) is 0 Å². The molecule has 3 N–H and O–H groups in total. The van der Waals surface area contributed by atoms with Crippen LogP contribution in [0.2, 0.25) is 0 Å². The highest BCUT2D eigenvalue weighted by Crippen LogP contribution is 2.16. The molecule has 0 aromatic rings. The number of rotatable bonds is 8. The molecule has 0 bridgehead atoms. The van der Waals surface area contributed by atoms with Crippen molar-refractivity contribution in [2.24, 2.45) is 5.73 Å². The number of carbonyl (C=O) groups excluding carboxylic acids is 1. The summed E-state index contributed by atoms with van der Waals surface area (Å²) in [6.45, 7) is 1.91. The summed E-state index contributed by atoms with van der Waals surface area (Å²) in [6.07, 6.45) is 5.79. The van der Waals surface area contributed by atoms with Gasteiger partial charge in [0.1, 0.15) is 0 Å². The Morgan fingerprint density at radius 1 is 1.56 bits per heavy atom. The molecule has 2 atom stereocenters. The van der Waals surface area contributed by atoms with Crippen molar-refractivity contribution in [2.75, 3.05) is 26.9 Å². The van der Waals surface area contributed by atoms with Gasteiger partial charge in [0.2, 0.25) is 5.91 Å². The molecule has 0 aromatic heterocycles. The first-order chi connectivity index (χ1) is 8.76. The number of ether oxygens (including phenoxy) is 2. The van der Waals surface area contributed by atoms with Crippen molar-refractivity contribution >= 4 is 5.91 Å². The maximum atomic E-state index is 11.8. The number of hydrogen-bond acceptors (Lipinski definition) is 4. The Bertz CT molecular complexity index is 224. The highest BCUT2D eigenvalue weighted by atomic mass is 16.5. The average Bonchev–Trinajstić information content (AvgIpc) is 2.38. The highest BCUT2D eigenvalue weighted by Gasteiger charge is 2.16. The zero-order valence-electron chi connectivity index (χ0n) is 11.3. The molecule has 1 aliphatic heterocycles. The molecule has 106 valence electrons. The lowest BCUT2D eigenvalue weighted by molar-refractivity contribution is -0.123. The quantitative estimate of drug-likeness (QED) is 0.676. The first-order valence-electron chi connectivity index (χ1n) is 6.86. The SMILES string of the molecule is COCC(CCN)NC(=O)CCC1CCCCO1. The van der Waals surface area contributed by atoms with E-state index in [0.717, 1.165) is 32.3 Å². The van der Waals surface area contributed by atoms with Gasteiger partial charge in [0.25, 0.3) is 0 Å². The second-order valence-corrected chi connectivity index (χ2v) is 4.82. The first kappa shape index (κ1) is 15.4. The molecule has 2 unspecified atom stereocenters. The van der Waals surface area contributed by atoms with E-state index in [2.05, 4.69) is 5.32 Å². The zero-order chi connectivity index (χ0) is 13.2. The van der Waals surface area contributed by atoms with Gasteiger partial charge >= 0.3 is 0 Å². The van der Waals surface area contributed by atoms with Crippen molar-refractivity contribution in [3.8, 4) is 0 Å². The van der Waals surface area contributed by atoms with Crippen LogP contribution in [0.1, 0.15) is 38.5 Å². The Labute approximate surface area is 109 Å². The number of carbonyl (C=O) groups is 1. The Morgan fingerprint density at radius 2 is 2.39 bits per heavy atom. The minimum Gasteiger partial charge on any atom is -0.383 e. The fraction of sp³-hybridized carbons (Fsp3) is 0.923. The van der Waals surface area contributed by atoms with Gasteiger partial charge in [-0.2, -0.15) is 0 Å². The van der Waals surface area contributed by atoms with Gasteiger partial charge in [-0.3, -0.25) is 4.79 Å². The first-order valence-corrected chi connectivity index (χ1v) is 6.86. The molecule has 1 heterocycles. The maximum Gasteiger partial charge on any atom is 0.220 e. The molecule has 1 amide bonds. The molecule has 1 fully saturated rings. The summed E-state index contributed by atoms with van der Waals surface area (Å²) in [6, 6.07) is 0.0276. The Balaban J connectivity index is 2.17. The summed E-state index contributed by atoms with van der Waals surface area (Å²) in [5.74, 6) is 0.0691. The summed E-state index contributed by atoms with van der Waals surface area (Å²) in [5, 5.41) is 2.96. The number of nitrogens with one attached hydrogen (secondary N) is 1. The topological polar surface area (TPSA) is 73.6 Å². The van der Waals surface area contributed by atoms with E-state index in [1.54, 1.807) is 7.11 Å². The van der Waals surface area contributed by atoms with Gasteiger partial charge in [-0.05, 0) is 38.6 Å². The van der Waals surface area contributed by atoms with Crippen LogP contribution in [-0.4, -0.2) is 44.9 Å². The molecule has 0 aromatic carbocycles.